The summed E-state index contributed by atoms with van der Waals surface area (Å²) in [4.78, 5) is 0. The summed E-state index contributed by atoms with van der Waals surface area (Å²) in [6, 6.07) is 8.72. The summed E-state index contributed by atoms with van der Waals surface area (Å²) in [5, 5.41) is 3.49. The van der Waals surface area contributed by atoms with Crippen LogP contribution >= 0.6 is 0 Å². The highest BCUT2D eigenvalue weighted by Gasteiger charge is 2.24. The molecule has 0 aromatic heterocycles. The normalized spacial score (nSPS) is 24.4. The van der Waals surface area contributed by atoms with Crippen LogP contribution in [-0.4, -0.2) is 18.7 Å². The van der Waals surface area contributed by atoms with Crippen LogP contribution in [0.25, 0.3) is 0 Å². The van der Waals surface area contributed by atoms with Gasteiger partial charge < -0.3 is 15.8 Å². The van der Waals surface area contributed by atoms with Crippen LogP contribution < -0.4 is 15.8 Å². The average Bonchev–Trinajstić information content (AvgIpc) is 2.68. The van der Waals surface area contributed by atoms with Gasteiger partial charge in [-0.3, -0.25) is 0 Å². The number of nitrogens with two attached hydrogens (primary N) is 1. The number of benzene rings is 1. The maximum absolute atomic E-state index is 6.05. The maximum atomic E-state index is 6.05. The lowest BCUT2D eigenvalue weighted by Gasteiger charge is -2.20. The SMILES string of the molecule is CCOc1ccccc1N[C@@H]1CCC[C@@H]1N. The molecule has 88 valence electrons. The highest BCUT2D eigenvalue weighted by Crippen LogP contribution is 2.28. The van der Waals surface area contributed by atoms with Crippen molar-refractivity contribution in [2.75, 3.05) is 11.9 Å². The van der Waals surface area contributed by atoms with Gasteiger partial charge in [0.1, 0.15) is 5.75 Å². The number of rotatable bonds is 4. The second-order valence-corrected chi connectivity index (χ2v) is 4.27. The molecule has 3 heteroatoms. The molecule has 1 aromatic rings. The predicted molar refractivity (Wildman–Crippen MR) is 66.8 cm³/mol. The van der Waals surface area contributed by atoms with Gasteiger partial charge in [0.25, 0.3) is 0 Å². The summed E-state index contributed by atoms with van der Waals surface area (Å²) in [7, 11) is 0. The fourth-order valence-corrected chi connectivity index (χ4v) is 2.23. The van der Waals surface area contributed by atoms with Crippen LogP contribution in [0.5, 0.6) is 5.75 Å². The minimum absolute atomic E-state index is 0.273. The van der Waals surface area contributed by atoms with Crippen molar-refractivity contribution < 1.29 is 4.74 Å². The largest absolute Gasteiger partial charge is 0.492 e. The zero-order chi connectivity index (χ0) is 11.4. The van der Waals surface area contributed by atoms with Crippen molar-refractivity contribution in [3.63, 3.8) is 0 Å². The van der Waals surface area contributed by atoms with E-state index >= 15 is 0 Å². The highest BCUT2D eigenvalue weighted by molar-refractivity contribution is 5.57. The monoisotopic (exact) mass is 220 g/mol. The van der Waals surface area contributed by atoms with Crippen molar-refractivity contribution in [1.29, 1.82) is 0 Å². The van der Waals surface area contributed by atoms with Gasteiger partial charge in [0.05, 0.1) is 12.3 Å². The van der Waals surface area contributed by atoms with Crippen LogP contribution in [0.15, 0.2) is 24.3 Å². The Hall–Kier alpha value is -1.22. The first-order valence-electron chi connectivity index (χ1n) is 6.05. The first-order valence-corrected chi connectivity index (χ1v) is 6.05. The zero-order valence-electron chi connectivity index (χ0n) is 9.78. The van der Waals surface area contributed by atoms with E-state index in [-0.39, 0.29) is 6.04 Å². The minimum atomic E-state index is 0.273. The topological polar surface area (TPSA) is 47.3 Å². The smallest absolute Gasteiger partial charge is 0.142 e. The molecule has 1 fully saturated rings. The Balaban J connectivity index is 2.07. The molecule has 1 saturated carbocycles. The summed E-state index contributed by atoms with van der Waals surface area (Å²) >= 11 is 0. The van der Waals surface area contributed by atoms with Crippen LogP contribution in [0.2, 0.25) is 0 Å². The Kier molecular flexibility index (Phi) is 3.67. The van der Waals surface area contributed by atoms with E-state index in [1.807, 2.05) is 25.1 Å². The lowest BCUT2D eigenvalue weighted by atomic mass is 10.1. The summed E-state index contributed by atoms with van der Waals surface area (Å²) in [5.41, 5.74) is 7.11. The van der Waals surface area contributed by atoms with Crippen molar-refractivity contribution in [1.82, 2.24) is 0 Å². The summed E-state index contributed by atoms with van der Waals surface area (Å²) < 4.78 is 5.58. The first kappa shape index (κ1) is 11.3. The molecular weight excluding hydrogens is 200 g/mol. The van der Waals surface area contributed by atoms with E-state index < -0.39 is 0 Å². The lowest BCUT2D eigenvalue weighted by Crippen LogP contribution is -2.35. The second kappa shape index (κ2) is 5.21. The zero-order valence-corrected chi connectivity index (χ0v) is 9.78. The average molecular weight is 220 g/mol. The van der Waals surface area contributed by atoms with Crippen molar-refractivity contribution >= 4 is 5.69 Å². The molecular formula is C13H20N2O. The van der Waals surface area contributed by atoms with Gasteiger partial charge in [-0.1, -0.05) is 12.1 Å². The van der Waals surface area contributed by atoms with E-state index in [4.69, 9.17) is 10.5 Å². The molecule has 0 unspecified atom stereocenters. The van der Waals surface area contributed by atoms with Gasteiger partial charge in [0.15, 0.2) is 0 Å². The van der Waals surface area contributed by atoms with E-state index in [1.165, 1.54) is 6.42 Å². The van der Waals surface area contributed by atoms with E-state index in [0.29, 0.717) is 12.6 Å². The molecule has 0 spiro atoms. The Morgan fingerprint density at radius 2 is 2.19 bits per heavy atom. The molecule has 0 bridgehead atoms. The van der Waals surface area contributed by atoms with Gasteiger partial charge >= 0.3 is 0 Å². The standard InChI is InChI=1S/C13H20N2O/c1-2-16-13-9-4-3-7-12(13)15-11-8-5-6-10(11)14/h3-4,7,9-11,15H,2,5-6,8,14H2,1H3/t10-,11+/m0/s1. The highest BCUT2D eigenvalue weighted by atomic mass is 16.5. The van der Waals surface area contributed by atoms with Crippen LogP contribution in [0, 0.1) is 0 Å². The fourth-order valence-electron chi connectivity index (χ4n) is 2.23. The van der Waals surface area contributed by atoms with Crippen LogP contribution in [0.3, 0.4) is 0 Å². The van der Waals surface area contributed by atoms with Gasteiger partial charge in [-0.2, -0.15) is 0 Å². The Labute approximate surface area is 97.0 Å². The number of nitrogens with one attached hydrogen (secondary N) is 1. The van der Waals surface area contributed by atoms with Gasteiger partial charge in [-0.05, 0) is 38.3 Å². The molecule has 1 aromatic carbocycles. The van der Waals surface area contributed by atoms with Crippen molar-refractivity contribution in [3.05, 3.63) is 24.3 Å². The van der Waals surface area contributed by atoms with Gasteiger partial charge in [0.2, 0.25) is 0 Å². The third kappa shape index (κ3) is 2.47. The molecule has 3 nitrogen and oxygen atoms in total. The Morgan fingerprint density at radius 1 is 1.38 bits per heavy atom. The predicted octanol–water partition coefficient (Wildman–Crippen LogP) is 2.38. The molecule has 2 atom stereocenters. The molecule has 2 rings (SSSR count). The molecule has 0 heterocycles. The molecule has 1 aliphatic carbocycles. The second-order valence-electron chi connectivity index (χ2n) is 4.27. The third-order valence-electron chi connectivity index (χ3n) is 3.10. The van der Waals surface area contributed by atoms with E-state index in [2.05, 4.69) is 11.4 Å². The van der Waals surface area contributed by atoms with Gasteiger partial charge in [0, 0.05) is 12.1 Å². The maximum Gasteiger partial charge on any atom is 0.142 e. The Morgan fingerprint density at radius 3 is 2.88 bits per heavy atom. The van der Waals surface area contributed by atoms with Crippen LogP contribution in [-0.2, 0) is 0 Å². The van der Waals surface area contributed by atoms with Crippen molar-refractivity contribution in [2.24, 2.45) is 5.73 Å². The molecule has 0 amide bonds. The molecule has 0 saturated heterocycles. The van der Waals surface area contributed by atoms with Crippen molar-refractivity contribution in [3.8, 4) is 5.75 Å². The number of ether oxygens (including phenoxy) is 1. The van der Waals surface area contributed by atoms with E-state index in [9.17, 15) is 0 Å². The molecule has 1 aliphatic rings. The van der Waals surface area contributed by atoms with Gasteiger partial charge in [-0.15, -0.1) is 0 Å². The Bertz CT molecular complexity index is 340. The summed E-state index contributed by atoms with van der Waals surface area (Å²) in [6.45, 7) is 2.69. The summed E-state index contributed by atoms with van der Waals surface area (Å²) in [5.74, 6) is 0.920. The number of hydrogen-bond donors (Lipinski definition) is 2. The third-order valence-corrected chi connectivity index (χ3v) is 3.10. The number of para-hydroxylation sites is 2. The number of anilines is 1. The molecule has 0 radical (unpaired) electrons. The van der Waals surface area contributed by atoms with Crippen LogP contribution in [0.1, 0.15) is 26.2 Å². The first-order chi connectivity index (χ1) is 7.81. The minimum Gasteiger partial charge on any atom is -0.492 e. The van der Waals surface area contributed by atoms with Gasteiger partial charge in [-0.25, -0.2) is 0 Å². The fraction of sp³-hybridized carbons (Fsp3) is 0.538. The number of hydrogen-bond acceptors (Lipinski definition) is 3. The quantitative estimate of drug-likeness (QED) is 0.819. The van der Waals surface area contributed by atoms with E-state index in [1.54, 1.807) is 0 Å². The van der Waals surface area contributed by atoms with Crippen molar-refractivity contribution in [2.45, 2.75) is 38.3 Å². The van der Waals surface area contributed by atoms with E-state index in [0.717, 1.165) is 24.3 Å². The molecule has 16 heavy (non-hydrogen) atoms. The summed E-state index contributed by atoms with van der Waals surface area (Å²) in [6.07, 6.45) is 3.49. The molecule has 0 aliphatic heterocycles. The molecule has 3 N–H and O–H groups in total. The lowest BCUT2D eigenvalue weighted by molar-refractivity contribution is 0.341. The van der Waals surface area contributed by atoms with Crippen LogP contribution in [0.4, 0.5) is 5.69 Å².